The summed E-state index contributed by atoms with van der Waals surface area (Å²) < 4.78 is 0. The highest BCUT2D eigenvalue weighted by atomic mass is 16.1. The molecule has 1 amide bonds. The summed E-state index contributed by atoms with van der Waals surface area (Å²) in [7, 11) is 0. The van der Waals surface area contributed by atoms with E-state index in [9.17, 15) is 4.79 Å². The van der Waals surface area contributed by atoms with E-state index in [4.69, 9.17) is 5.73 Å². The van der Waals surface area contributed by atoms with E-state index in [1.807, 2.05) is 0 Å². The van der Waals surface area contributed by atoms with Crippen LogP contribution in [0.4, 0.5) is 0 Å². The lowest BCUT2D eigenvalue weighted by molar-refractivity contribution is -0.122. The lowest BCUT2D eigenvalue weighted by Gasteiger charge is -2.30. The first-order valence-electron chi connectivity index (χ1n) is 7.08. The van der Waals surface area contributed by atoms with Gasteiger partial charge in [-0.05, 0) is 43.6 Å². The van der Waals surface area contributed by atoms with Crippen LogP contribution in [0.5, 0.6) is 0 Å². The molecular weight excluding hydrogens is 224 g/mol. The van der Waals surface area contributed by atoms with E-state index < -0.39 is 0 Å². The number of carbonyl (C=O) groups excluding carboxylic acids is 1. The van der Waals surface area contributed by atoms with Crippen molar-refractivity contribution >= 4 is 5.91 Å². The SMILES string of the molecule is CC(C)(C)C(CCN)CCC(=O)NC1CC=CC1. The third-order valence-corrected chi connectivity index (χ3v) is 3.83. The van der Waals surface area contributed by atoms with E-state index in [0.29, 0.717) is 24.9 Å². The number of amides is 1. The van der Waals surface area contributed by atoms with Gasteiger partial charge in [0, 0.05) is 12.5 Å². The molecule has 3 heteroatoms. The lowest BCUT2D eigenvalue weighted by Crippen LogP contribution is -2.33. The van der Waals surface area contributed by atoms with Crippen LogP contribution < -0.4 is 11.1 Å². The quantitative estimate of drug-likeness (QED) is 0.714. The van der Waals surface area contributed by atoms with Crippen LogP contribution in [0.1, 0.15) is 52.9 Å². The number of nitrogens with two attached hydrogens (primary N) is 1. The Morgan fingerprint density at radius 3 is 2.44 bits per heavy atom. The number of rotatable bonds is 6. The average molecular weight is 252 g/mol. The Hall–Kier alpha value is -0.830. The van der Waals surface area contributed by atoms with Crippen molar-refractivity contribution in [2.75, 3.05) is 6.54 Å². The second-order valence-electron chi connectivity index (χ2n) is 6.39. The minimum Gasteiger partial charge on any atom is -0.353 e. The normalized spacial score (nSPS) is 18.0. The van der Waals surface area contributed by atoms with Gasteiger partial charge < -0.3 is 11.1 Å². The zero-order valence-electron chi connectivity index (χ0n) is 12.0. The van der Waals surface area contributed by atoms with E-state index in [0.717, 1.165) is 25.7 Å². The van der Waals surface area contributed by atoms with Gasteiger partial charge in [0.15, 0.2) is 0 Å². The standard InChI is InChI=1S/C15H28N2O/c1-15(2,3)12(10-11-16)8-9-14(18)17-13-6-4-5-7-13/h4-5,12-13H,6-11,16H2,1-3H3,(H,17,18). The summed E-state index contributed by atoms with van der Waals surface area (Å²) in [6.07, 6.45) is 8.80. The Balaban J connectivity index is 2.30. The van der Waals surface area contributed by atoms with Crippen LogP contribution in [0.3, 0.4) is 0 Å². The largest absolute Gasteiger partial charge is 0.353 e. The predicted octanol–water partition coefficient (Wildman–Crippen LogP) is 2.61. The highest BCUT2D eigenvalue weighted by Crippen LogP contribution is 2.32. The molecule has 0 aromatic rings. The Labute approximate surface area is 111 Å². The van der Waals surface area contributed by atoms with Crippen molar-refractivity contribution in [2.24, 2.45) is 17.1 Å². The van der Waals surface area contributed by atoms with Crippen molar-refractivity contribution < 1.29 is 4.79 Å². The fraction of sp³-hybridized carbons (Fsp3) is 0.800. The molecule has 0 fully saturated rings. The summed E-state index contributed by atoms with van der Waals surface area (Å²) in [4.78, 5) is 11.9. The van der Waals surface area contributed by atoms with Crippen molar-refractivity contribution in [3.63, 3.8) is 0 Å². The maximum absolute atomic E-state index is 11.9. The van der Waals surface area contributed by atoms with Crippen molar-refractivity contribution in [3.8, 4) is 0 Å². The molecule has 1 rings (SSSR count). The third kappa shape index (κ3) is 5.21. The van der Waals surface area contributed by atoms with Gasteiger partial charge in [0.05, 0.1) is 0 Å². The molecule has 1 aliphatic rings. The first-order chi connectivity index (χ1) is 8.43. The van der Waals surface area contributed by atoms with Crippen LogP contribution >= 0.6 is 0 Å². The Bertz CT molecular complexity index is 283. The van der Waals surface area contributed by atoms with E-state index >= 15 is 0 Å². The molecule has 1 aliphatic carbocycles. The monoisotopic (exact) mass is 252 g/mol. The van der Waals surface area contributed by atoms with Crippen molar-refractivity contribution in [1.82, 2.24) is 5.32 Å². The summed E-state index contributed by atoms with van der Waals surface area (Å²) in [5.74, 6) is 0.713. The molecule has 1 atom stereocenters. The van der Waals surface area contributed by atoms with Crippen LogP contribution in [-0.4, -0.2) is 18.5 Å². The number of nitrogens with one attached hydrogen (secondary N) is 1. The minimum absolute atomic E-state index is 0.190. The second-order valence-corrected chi connectivity index (χ2v) is 6.39. The van der Waals surface area contributed by atoms with Crippen molar-refractivity contribution in [1.29, 1.82) is 0 Å². The zero-order valence-corrected chi connectivity index (χ0v) is 12.0. The molecule has 0 bridgehead atoms. The van der Waals surface area contributed by atoms with E-state index in [1.54, 1.807) is 0 Å². The zero-order chi connectivity index (χ0) is 13.6. The smallest absolute Gasteiger partial charge is 0.220 e. The van der Waals surface area contributed by atoms with E-state index in [-0.39, 0.29) is 11.3 Å². The molecule has 3 N–H and O–H groups in total. The van der Waals surface area contributed by atoms with Gasteiger partial charge in [-0.1, -0.05) is 32.9 Å². The highest BCUT2D eigenvalue weighted by molar-refractivity contribution is 5.76. The highest BCUT2D eigenvalue weighted by Gasteiger charge is 2.24. The Kier molecular flexibility index (Phi) is 5.86. The summed E-state index contributed by atoms with van der Waals surface area (Å²) in [5.41, 5.74) is 5.89. The van der Waals surface area contributed by atoms with Crippen molar-refractivity contribution in [2.45, 2.75) is 58.9 Å². The van der Waals surface area contributed by atoms with Gasteiger partial charge in [0.1, 0.15) is 0 Å². The van der Waals surface area contributed by atoms with Gasteiger partial charge in [-0.2, -0.15) is 0 Å². The molecule has 0 saturated heterocycles. The fourth-order valence-corrected chi connectivity index (χ4v) is 2.55. The van der Waals surface area contributed by atoms with E-state index in [2.05, 4.69) is 38.2 Å². The van der Waals surface area contributed by atoms with Gasteiger partial charge in [-0.25, -0.2) is 0 Å². The summed E-state index contributed by atoms with van der Waals surface area (Å²) in [6.45, 7) is 7.39. The maximum atomic E-state index is 11.9. The van der Waals surface area contributed by atoms with Crippen LogP contribution in [0, 0.1) is 11.3 Å². The van der Waals surface area contributed by atoms with Gasteiger partial charge >= 0.3 is 0 Å². The summed E-state index contributed by atoms with van der Waals surface area (Å²) in [6, 6.07) is 0.333. The number of hydrogen-bond donors (Lipinski definition) is 2. The molecule has 0 aromatic heterocycles. The molecule has 0 radical (unpaired) electrons. The lowest BCUT2D eigenvalue weighted by atomic mass is 9.76. The molecule has 1 unspecified atom stereocenters. The molecule has 0 aliphatic heterocycles. The molecule has 104 valence electrons. The molecule has 3 nitrogen and oxygen atoms in total. The van der Waals surface area contributed by atoms with Crippen LogP contribution in [-0.2, 0) is 4.79 Å². The molecule has 0 heterocycles. The maximum Gasteiger partial charge on any atom is 0.220 e. The van der Waals surface area contributed by atoms with Crippen LogP contribution in [0.15, 0.2) is 12.2 Å². The minimum atomic E-state index is 0.190. The molecule has 0 saturated carbocycles. The predicted molar refractivity (Wildman–Crippen MR) is 76.2 cm³/mol. The Morgan fingerprint density at radius 1 is 1.33 bits per heavy atom. The molecule has 18 heavy (non-hydrogen) atoms. The van der Waals surface area contributed by atoms with Crippen LogP contribution in [0.25, 0.3) is 0 Å². The number of carbonyl (C=O) groups is 1. The molecular formula is C15H28N2O. The number of hydrogen-bond acceptors (Lipinski definition) is 2. The summed E-state index contributed by atoms with van der Waals surface area (Å²) in [5, 5.41) is 3.10. The molecule has 0 spiro atoms. The Morgan fingerprint density at radius 2 is 1.94 bits per heavy atom. The summed E-state index contributed by atoms with van der Waals surface area (Å²) >= 11 is 0. The van der Waals surface area contributed by atoms with Gasteiger partial charge in [-0.3, -0.25) is 4.79 Å². The van der Waals surface area contributed by atoms with Gasteiger partial charge in [0.2, 0.25) is 5.91 Å². The van der Waals surface area contributed by atoms with Gasteiger partial charge in [0.25, 0.3) is 0 Å². The first kappa shape index (κ1) is 15.2. The molecule has 0 aromatic carbocycles. The van der Waals surface area contributed by atoms with Crippen molar-refractivity contribution in [3.05, 3.63) is 12.2 Å². The van der Waals surface area contributed by atoms with Gasteiger partial charge in [-0.15, -0.1) is 0 Å². The first-order valence-corrected chi connectivity index (χ1v) is 7.08. The van der Waals surface area contributed by atoms with Crippen LogP contribution in [0.2, 0.25) is 0 Å². The fourth-order valence-electron chi connectivity index (χ4n) is 2.55. The topological polar surface area (TPSA) is 55.1 Å². The second kappa shape index (κ2) is 6.93. The third-order valence-electron chi connectivity index (χ3n) is 3.83. The van der Waals surface area contributed by atoms with E-state index in [1.165, 1.54) is 0 Å². The average Bonchev–Trinajstić information content (AvgIpc) is 2.75.